The quantitative estimate of drug-likeness (QED) is 0.897. The first-order valence-electron chi connectivity index (χ1n) is 6.63. The first-order valence-corrected chi connectivity index (χ1v) is 6.63. The highest BCUT2D eigenvalue weighted by Crippen LogP contribution is 2.14. The van der Waals surface area contributed by atoms with Crippen molar-refractivity contribution < 1.29 is 14.0 Å². The zero-order chi connectivity index (χ0) is 14.7. The van der Waals surface area contributed by atoms with Crippen molar-refractivity contribution in [3.05, 3.63) is 29.8 Å². The Hall–Kier alpha value is -1.98. The molecule has 6 heteroatoms. The number of hydrogen-bond donors (Lipinski definition) is 1. The number of piperazine rings is 1. The van der Waals surface area contributed by atoms with Crippen LogP contribution in [0.4, 0.5) is 4.39 Å². The summed E-state index contributed by atoms with van der Waals surface area (Å²) in [5, 5.41) is 2.70. The molecule has 2 heterocycles. The van der Waals surface area contributed by atoms with Crippen LogP contribution < -0.4 is 5.32 Å². The molecule has 5 nitrogen and oxygen atoms in total. The van der Waals surface area contributed by atoms with Crippen molar-refractivity contribution in [2.45, 2.75) is 32.9 Å². The van der Waals surface area contributed by atoms with E-state index >= 15 is 0 Å². The van der Waals surface area contributed by atoms with E-state index in [4.69, 9.17) is 0 Å². The second kappa shape index (κ2) is 5.98. The van der Waals surface area contributed by atoms with Crippen molar-refractivity contribution in [2.24, 2.45) is 5.92 Å². The molecule has 1 fully saturated rings. The number of carbonyl (C=O) groups excluding carboxylic acids is 2. The summed E-state index contributed by atoms with van der Waals surface area (Å²) in [5.41, 5.74) is 0.580. The zero-order valence-corrected chi connectivity index (χ0v) is 11.6. The summed E-state index contributed by atoms with van der Waals surface area (Å²) in [6, 6.07) is 0.835. The summed E-state index contributed by atoms with van der Waals surface area (Å²) >= 11 is 0. The van der Waals surface area contributed by atoms with Gasteiger partial charge in [0.1, 0.15) is 11.9 Å². The lowest BCUT2D eigenvalue weighted by Gasteiger charge is -2.33. The Morgan fingerprint density at radius 3 is 2.85 bits per heavy atom. The fourth-order valence-corrected chi connectivity index (χ4v) is 2.30. The molecule has 0 aliphatic carbocycles. The van der Waals surface area contributed by atoms with Crippen LogP contribution in [0.5, 0.6) is 0 Å². The van der Waals surface area contributed by atoms with E-state index < -0.39 is 11.9 Å². The standard InChI is InChI=1S/C14H18FN3O2/c1-9(2)3-12-14(20)18(8-13(19)17-12)7-10-4-11(15)6-16-5-10/h4-6,9,12H,3,7-8H2,1-2H3,(H,17,19). The van der Waals surface area contributed by atoms with Crippen LogP contribution in [-0.4, -0.2) is 34.3 Å². The average Bonchev–Trinajstić information content (AvgIpc) is 2.34. The number of amides is 2. The summed E-state index contributed by atoms with van der Waals surface area (Å²) in [7, 11) is 0. The lowest BCUT2D eigenvalue weighted by atomic mass is 10.0. The van der Waals surface area contributed by atoms with Crippen LogP contribution in [0, 0.1) is 11.7 Å². The van der Waals surface area contributed by atoms with Gasteiger partial charge >= 0.3 is 0 Å². The third-order valence-corrected chi connectivity index (χ3v) is 3.12. The Morgan fingerprint density at radius 2 is 2.20 bits per heavy atom. The molecule has 1 atom stereocenters. The number of aromatic nitrogens is 1. The Bertz CT molecular complexity index is 519. The van der Waals surface area contributed by atoms with E-state index in [0.717, 1.165) is 6.20 Å². The highest BCUT2D eigenvalue weighted by atomic mass is 19.1. The van der Waals surface area contributed by atoms with Gasteiger partial charge in [-0.3, -0.25) is 14.6 Å². The maximum absolute atomic E-state index is 13.1. The number of hydrogen-bond acceptors (Lipinski definition) is 3. The van der Waals surface area contributed by atoms with E-state index in [9.17, 15) is 14.0 Å². The zero-order valence-electron chi connectivity index (χ0n) is 11.6. The van der Waals surface area contributed by atoms with E-state index in [0.29, 0.717) is 17.9 Å². The average molecular weight is 279 g/mol. The van der Waals surface area contributed by atoms with Crippen LogP contribution in [0.25, 0.3) is 0 Å². The van der Waals surface area contributed by atoms with Crippen molar-refractivity contribution in [1.82, 2.24) is 15.2 Å². The molecule has 2 amide bonds. The first kappa shape index (κ1) is 14.4. The maximum atomic E-state index is 13.1. The minimum Gasteiger partial charge on any atom is -0.343 e. The molecule has 20 heavy (non-hydrogen) atoms. The minimum atomic E-state index is -0.488. The molecular formula is C14H18FN3O2. The van der Waals surface area contributed by atoms with E-state index in [2.05, 4.69) is 10.3 Å². The largest absolute Gasteiger partial charge is 0.343 e. The molecule has 1 saturated heterocycles. The highest BCUT2D eigenvalue weighted by molar-refractivity contribution is 5.94. The van der Waals surface area contributed by atoms with Crippen molar-refractivity contribution in [1.29, 1.82) is 0 Å². The van der Waals surface area contributed by atoms with Crippen LogP contribution in [0.1, 0.15) is 25.8 Å². The summed E-state index contributed by atoms with van der Waals surface area (Å²) in [5.74, 6) is -0.447. The van der Waals surface area contributed by atoms with Gasteiger partial charge in [0, 0.05) is 12.7 Å². The molecule has 1 aliphatic heterocycles. The maximum Gasteiger partial charge on any atom is 0.245 e. The van der Waals surface area contributed by atoms with E-state index in [1.165, 1.54) is 17.2 Å². The van der Waals surface area contributed by atoms with Crippen LogP contribution in [-0.2, 0) is 16.1 Å². The number of nitrogens with one attached hydrogen (secondary N) is 1. The predicted octanol–water partition coefficient (Wildman–Crippen LogP) is 1.09. The van der Waals surface area contributed by atoms with Gasteiger partial charge in [-0.15, -0.1) is 0 Å². The predicted molar refractivity (Wildman–Crippen MR) is 71.0 cm³/mol. The molecule has 2 rings (SSSR count). The third-order valence-electron chi connectivity index (χ3n) is 3.12. The van der Waals surface area contributed by atoms with Gasteiger partial charge in [0.2, 0.25) is 11.8 Å². The molecule has 1 aromatic rings. The van der Waals surface area contributed by atoms with Crippen LogP contribution in [0.3, 0.4) is 0 Å². The lowest BCUT2D eigenvalue weighted by molar-refractivity contribution is -0.145. The van der Waals surface area contributed by atoms with Gasteiger partial charge in [0.15, 0.2) is 0 Å². The summed E-state index contributed by atoms with van der Waals surface area (Å²) in [6.45, 7) is 4.19. The number of nitrogens with zero attached hydrogens (tertiary/aromatic N) is 2. The van der Waals surface area contributed by atoms with Crippen LogP contribution in [0.2, 0.25) is 0 Å². The molecule has 1 unspecified atom stereocenters. The summed E-state index contributed by atoms with van der Waals surface area (Å²) in [6.07, 6.45) is 3.21. The molecular weight excluding hydrogens is 261 g/mol. The van der Waals surface area contributed by atoms with Gasteiger partial charge in [0.25, 0.3) is 0 Å². The van der Waals surface area contributed by atoms with Gasteiger partial charge in [-0.2, -0.15) is 0 Å². The molecule has 0 radical (unpaired) electrons. The first-order chi connectivity index (χ1) is 9.45. The van der Waals surface area contributed by atoms with Crippen LogP contribution in [0.15, 0.2) is 18.5 Å². The summed E-state index contributed by atoms with van der Waals surface area (Å²) in [4.78, 5) is 29.2. The molecule has 1 N–H and O–H groups in total. The van der Waals surface area contributed by atoms with Gasteiger partial charge < -0.3 is 10.2 Å². The number of pyridine rings is 1. The minimum absolute atomic E-state index is 0.00391. The molecule has 0 aromatic carbocycles. The van der Waals surface area contributed by atoms with E-state index in [1.807, 2.05) is 13.8 Å². The van der Waals surface area contributed by atoms with E-state index in [-0.39, 0.29) is 24.9 Å². The molecule has 0 spiro atoms. The molecule has 1 aliphatic rings. The second-order valence-corrected chi connectivity index (χ2v) is 5.46. The molecule has 0 saturated carbocycles. The SMILES string of the molecule is CC(C)CC1NC(=O)CN(Cc2cncc(F)c2)C1=O. The van der Waals surface area contributed by atoms with Crippen molar-refractivity contribution in [3.8, 4) is 0 Å². The summed E-state index contributed by atoms with van der Waals surface area (Å²) < 4.78 is 13.1. The van der Waals surface area contributed by atoms with Gasteiger partial charge in [-0.05, 0) is 24.0 Å². The van der Waals surface area contributed by atoms with Crippen LogP contribution >= 0.6 is 0 Å². The van der Waals surface area contributed by atoms with E-state index in [1.54, 1.807) is 0 Å². The second-order valence-electron chi connectivity index (χ2n) is 5.46. The Labute approximate surface area is 117 Å². The van der Waals surface area contributed by atoms with Gasteiger partial charge in [-0.25, -0.2) is 4.39 Å². The van der Waals surface area contributed by atoms with Crippen molar-refractivity contribution in [2.75, 3.05) is 6.54 Å². The Balaban J connectivity index is 2.10. The highest BCUT2D eigenvalue weighted by Gasteiger charge is 2.32. The van der Waals surface area contributed by atoms with Gasteiger partial charge in [-0.1, -0.05) is 13.8 Å². The van der Waals surface area contributed by atoms with Crippen molar-refractivity contribution in [3.63, 3.8) is 0 Å². The lowest BCUT2D eigenvalue weighted by Crippen LogP contribution is -2.57. The monoisotopic (exact) mass is 279 g/mol. The van der Waals surface area contributed by atoms with Crippen molar-refractivity contribution >= 4 is 11.8 Å². The normalized spacial score (nSPS) is 19.4. The fraction of sp³-hybridized carbons (Fsp3) is 0.500. The molecule has 1 aromatic heterocycles. The number of halogens is 1. The Morgan fingerprint density at radius 1 is 1.45 bits per heavy atom. The number of rotatable bonds is 4. The topological polar surface area (TPSA) is 62.3 Å². The smallest absolute Gasteiger partial charge is 0.245 e. The molecule has 108 valence electrons. The number of carbonyl (C=O) groups is 2. The third kappa shape index (κ3) is 3.53. The fourth-order valence-electron chi connectivity index (χ4n) is 2.30. The van der Waals surface area contributed by atoms with Gasteiger partial charge in [0.05, 0.1) is 12.7 Å². The Kier molecular flexibility index (Phi) is 4.32. The molecule has 0 bridgehead atoms.